The number of carbonyl (C=O) groups is 2. The average molecular weight is 438 g/mol. The van der Waals surface area contributed by atoms with Crippen molar-refractivity contribution in [3.05, 3.63) is 108 Å². The number of carbonyl (C=O) groups excluding carboxylic acids is 2. The summed E-state index contributed by atoms with van der Waals surface area (Å²) >= 11 is 0. The molecule has 6 N–H and O–H groups in total. The van der Waals surface area contributed by atoms with E-state index < -0.39 is 0 Å². The molecule has 0 heterocycles. The van der Waals surface area contributed by atoms with E-state index in [1.165, 1.54) is 0 Å². The summed E-state index contributed by atoms with van der Waals surface area (Å²) in [5.41, 5.74) is 14.8. The zero-order chi connectivity index (χ0) is 23.2. The van der Waals surface area contributed by atoms with Gasteiger partial charge in [-0.1, -0.05) is 12.1 Å². The molecule has 0 saturated heterocycles. The Kier molecular flexibility index (Phi) is 6.22. The molecular weight excluding hydrogens is 416 g/mol. The van der Waals surface area contributed by atoms with Gasteiger partial charge in [0.2, 0.25) is 0 Å². The summed E-state index contributed by atoms with van der Waals surface area (Å²) in [5, 5.41) is 5.60. The lowest BCUT2D eigenvalue weighted by molar-refractivity contribution is 0.101. The van der Waals surface area contributed by atoms with Gasteiger partial charge in [-0.15, -0.1) is 0 Å². The molecule has 0 aromatic heterocycles. The highest BCUT2D eigenvalue weighted by Gasteiger charge is 2.09. The lowest BCUT2D eigenvalue weighted by Gasteiger charge is -2.09. The van der Waals surface area contributed by atoms with Crippen LogP contribution in [0.25, 0.3) is 0 Å². The molecule has 0 fully saturated rings. The van der Waals surface area contributed by atoms with Crippen LogP contribution in [0.5, 0.6) is 11.5 Å². The topological polar surface area (TPSA) is 119 Å². The summed E-state index contributed by atoms with van der Waals surface area (Å²) < 4.78 is 5.82. The summed E-state index contributed by atoms with van der Waals surface area (Å²) in [6.07, 6.45) is 0. The fourth-order valence-electron chi connectivity index (χ4n) is 3.12. The number of benzene rings is 4. The molecule has 0 atom stereocenters. The van der Waals surface area contributed by atoms with Gasteiger partial charge in [-0.2, -0.15) is 0 Å². The molecule has 7 nitrogen and oxygen atoms in total. The standard InChI is InChI=1S/C26H22N4O3/c27-19-3-1-5-21(15-19)29-25(31)17-7-11-23(12-8-17)33-24-13-9-18(10-14-24)26(32)30-22-6-2-4-20(28)16-22/h1-16H,27-28H2,(H,29,31)(H,30,32). The maximum absolute atomic E-state index is 12.4. The lowest BCUT2D eigenvalue weighted by Crippen LogP contribution is -2.12. The molecule has 0 radical (unpaired) electrons. The zero-order valence-electron chi connectivity index (χ0n) is 17.6. The van der Waals surface area contributed by atoms with E-state index in [9.17, 15) is 9.59 Å². The van der Waals surface area contributed by atoms with E-state index in [-0.39, 0.29) is 11.8 Å². The minimum absolute atomic E-state index is 0.248. The van der Waals surface area contributed by atoms with Gasteiger partial charge in [0, 0.05) is 33.9 Å². The zero-order valence-corrected chi connectivity index (χ0v) is 17.6. The highest BCUT2D eigenvalue weighted by molar-refractivity contribution is 6.05. The second-order valence-corrected chi connectivity index (χ2v) is 7.31. The normalized spacial score (nSPS) is 10.3. The van der Waals surface area contributed by atoms with Gasteiger partial charge in [0.1, 0.15) is 11.5 Å². The van der Waals surface area contributed by atoms with E-state index in [0.29, 0.717) is 45.4 Å². The van der Waals surface area contributed by atoms with Crippen LogP contribution in [0.3, 0.4) is 0 Å². The van der Waals surface area contributed by atoms with Crippen molar-refractivity contribution in [2.45, 2.75) is 0 Å². The third kappa shape index (κ3) is 5.68. The van der Waals surface area contributed by atoms with E-state index in [4.69, 9.17) is 16.2 Å². The van der Waals surface area contributed by atoms with Crippen molar-refractivity contribution in [2.75, 3.05) is 22.1 Å². The first kappa shape index (κ1) is 21.5. The van der Waals surface area contributed by atoms with Crippen molar-refractivity contribution >= 4 is 34.6 Å². The van der Waals surface area contributed by atoms with Crippen LogP contribution in [0, 0.1) is 0 Å². The Hall–Kier alpha value is -4.78. The van der Waals surface area contributed by atoms with Crippen molar-refractivity contribution in [3.8, 4) is 11.5 Å². The second kappa shape index (κ2) is 9.57. The van der Waals surface area contributed by atoms with Gasteiger partial charge in [-0.05, 0) is 84.9 Å². The van der Waals surface area contributed by atoms with Crippen LogP contribution in [0.15, 0.2) is 97.1 Å². The fourth-order valence-corrected chi connectivity index (χ4v) is 3.12. The summed E-state index contributed by atoms with van der Waals surface area (Å²) in [7, 11) is 0. The number of hydrogen-bond donors (Lipinski definition) is 4. The number of hydrogen-bond acceptors (Lipinski definition) is 5. The van der Waals surface area contributed by atoms with Gasteiger partial charge in [0.05, 0.1) is 0 Å². The molecule has 2 amide bonds. The van der Waals surface area contributed by atoms with E-state index >= 15 is 0 Å². The number of anilines is 4. The highest BCUT2D eigenvalue weighted by Crippen LogP contribution is 2.23. The van der Waals surface area contributed by atoms with Gasteiger partial charge >= 0.3 is 0 Å². The molecule has 0 bridgehead atoms. The van der Waals surface area contributed by atoms with E-state index in [1.807, 2.05) is 0 Å². The van der Waals surface area contributed by atoms with Crippen LogP contribution < -0.4 is 26.8 Å². The summed E-state index contributed by atoms with van der Waals surface area (Å²) in [5.74, 6) is 0.630. The van der Waals surface area contributed by atoms with Crippen molar-refractivity contribution in [1.29, 1.82) is 0 Å². The third-order valence-corrected chi connectivity index (χ3v) is 4.76. The largest absolute Gasteiger partial charge is 0.457 e. The van der Waals surface area contributed by atoms with Gasteiger partial charge in [0.15, 0.2) is 0 Å². The molecular formula is C26H22N4O3. The number of nitrogen functional groups attached to an aromatic ring is 2. The summed E-state index contributed by atoms with van der Waals surface area (Å²) in [4.78, 5) is 24.8. The molecule has 0 spiro atoms. The number of nitrogens with one attached hydrogen (secondary N) is 2. The molecule has 164 valence electrons. The number of rotatable bonds is 6. The Morgan fingerprint density at radius 2 is 0.970 bits per heavy atom. The highest BCUT2D eigenvalue weighted by atomic mass is 16.5. The quantitative estimate of drug-likeness (QED) is 0.311. The number of amides is 2. The summed E-state index contributed by atoms with van der Waals surface area (Å²) in [6, 6.07) is 27.5. The Labute approximate surface area is 191 Å². The van der Waals surface area contributed by atoms with Crippen molar-refractivity contribution < 1.29 is 14.3 Å². The molecule has 0 unspecified atom stereocenters. The van der Waals surface area contributed by atoms with Crippen LogP contribution in [0.1, 0.15) is 20.7 Å². The van der Waals surface area contributed by atoms with Crippen molar-refractivity contribution in [3.63, 3.8) is 0 Å². The SMILES string of the molecule is Nc1cccc(NC(=O)c2ccc(Oc3ccc(C(=O)Nc4cccc(N)c4)cc3)cc2)c1. The minimum atomic E-state index is -0.248. The molecule has 0 aliphatic rings. The Bertz CT molecular complexity index is 1180. The van der Waals surface area contributed by atoms with Crippen LogP contribution >= 0.6 is 0 Å². The molecule has 33 heavy (non-hydrogen) atoms. The molecule has 4 rings (SSSR count). The first-order valence-corrected chi connectivity index (χ1v) is 10.2. The second-order valence-electron chi connectivity index (χ2n) is 7.31. The van der Waals surface area contributed by atoms with Crippen LogP contribution in [0.2, 0.25) is 0 Å². The van der Waals surface area contributed by atoms with Crippen molar-refractivity contribution in [1.82, 2.24) is 0 Å². The van der Waals surface area contributed by atoms with Gasteiger partial charge in [0.25, 0.3) is 11.8 Å². The van der Waals surface area contributed by atoms with E-state index in [0.717, 1.165) is 0 Å². The van der Waals surface area contributed by atoms with Crippen LogP contribution in [0.4, 0.5) is 22.7 Å². The third-order valence-electron chi connectivity index (χ3n) is 4.76. The maximum Gasteiger partial charge on any atom is 0.255 e. The molecule has 4 aromatic rings. The Morgan fingerprint density at radius 1 is 0.576 bits per heavy atom. The number of ether oxygens (including phenoxy) is 1. The first-order chi connectivity index (χ1) is 16.0. The lowest BCUT2D eigenvalue weighted by atomic mass is 10.2. The summed E-state index contributed by atoms with van der Waals surface area (Å²) in [6.45, 7) is 0. The molecule has 0 aliphatic carbocycles. The predicted molar refractivity (Wildman–Crippen MR) is 131 cm³/mol. The Morgan fingerprint density at radius 3 is 1.33 bits per heavy atom. The van der Waals surface area contributed by atoms with Crippen molar-refractivity contribution in [2.24, 2.45) is 0 Å². The van der Waals surface area contributed by atoms with Gasteiger partial charge < -0.3 is 26.8 Å². The average Bonchev–Trinajstić information content (AvgIpc) is 2.80. The molecule has 4 aromatic carbocycles. The minimum Gasteiger partial charge on any atom is -0.457 e. The monoisotopic (exact) mass is 438 g/mol. The number of nitrogens with two attached hydrogens (primary N) is 2. The first-order valence-electron chi connectivity index (χ1n) is 10.2. The maximum atomic E-state index is 12.4. The molecule has 0 saturated carbocycles. The van der Waals surface area contributed by atoms with Crippen LogP contribution in [-0.2, 0) is 0 Å². The Balaban J connectivity index is 1.36. The molecule has 0 aliphatic heterocycles. The van der Waals surface area contributed by atoms with E-state index in [2.05, 4.69) is 10.6 Å². The smallest absolute Gasteiger partial charge is 0.255 e. The van der Waals surface area contributed by atoms with Gasteiger partial charge in [-0.25, -0.2) is 0 Å². The fraction of sp³-hybridized carbons (Fsp3) is 0. The van der Waals surface area contributed by atoms with Gasteiger partial charge in [-0.3, -0.25) is 9.59 Å². The predicted octanol–water partition coefficient (Wildman–Crippen LogP) is 5.15. The molecule has 7 heteroatoms. The van der Waals surface area contributed by atoms with E-state index in [1.54, 1.807) is 97.1 Å². The van der Waals surface area contributed by atoms with Crippen LogP contribution in [-0.4, -0.2) is 11.8 Å².